The molecule has 7 nitrogen and oxygen atoms in total. The van der Waals surface area contributed by atoms with Crippen LogP contribution in [0.25, 0.3) is 0 Å². The first-order valence-corrected chi connectivity index (χ1v) is 5.39. The van der Waals surface area contributed by atoms with Crippen molar-refractivity contribution in [3.05, 3.63) is 11.9 Å². The van der Waals surface area contributed by atoms with Gasteiger partial charge in [-0.1, -0.05) is 12.1 Å². The van der Waals surface area contributed by atoms with Crippen LogP contribution in [0.3, 0.4) is 0 Å². The molecule has 17 heavy (non-hydrogen) atoms. The van der Waals surface area contributed by atoms with Gasteiger partial charge < -0.3 is 10.4 Å². The second-order valence-corrected chi connectivity index (χ2v) is 4.69. The second-order valence-electron chi connectivity index (χ2n) is 4.69. The van der Waals surface area contributed by atoms with Crippen molar-refractivity contribution in [2.45, 2.75) is 26.3 Å². The van der Waals surface area contributed by atoms with E-state index in [1.54, 1.807) is 0 Å². The molecule has 0 radical (unpaired) electrons. The zero-order valence-electron chi connectivity index (χ0n) is 9.51. The number of hydrogen-bond acceptors (Lipinski definition) is 4. The third-order valence-electron chi connectivity index (χ3n) is 2.85. The van der Waals surface area contributed by atoms with Gasteiger partial charge in [-0.3, -0.25) is 9.59 Å². The summed E-state index contributed by atoms with van der Waals surface area (Å²) in [7, 11) is 0. The van der Waals surface area contributed by atoms with Crippen LogP contribution < -0.4 is 5.32 Å². The van der Waals surface area contributed by atoms with Gasteiger partial charge >= 0.3 is 5.97 Å². The molecular weight excluding hydrogens is 224 g/mol. The number of aromatic nitrogens is 3. The van der Waals surface area contributed by atoms with Gasteiger partial charge in [-0.05, 0) is 18.3 Å². The van der Waals surface area contributed by atoms with E-state index in [4.69, 9.17) is 5.11 Å². The number of rotatable bonds is 5. The van der Waals surface area contributed by atoms with E-state index in [0.29, 0.717) is 6.54 Å². The summed E-state index contributed by atoms with van der Waals surface area (Å²) in [6.07, 6.45) is 3.58. The van der Waals surface area contributed by atoms with Crippen molar-refractivity contribution < 1.29 is 14.7 Å². The molecule has 1 amide bonds. The van der Waals surface area contributed by atoms with Gasteiger partial charge in [0.15, 0.2) is 5.69 Å². The molecule has 0 bridgehead atoms. The molecule has 7 heteroatoms. The van der Waals surface area contributed by atoms with E-state index in [0.717, 1.165) is 17.5 Å². The van der Waals surface area contributed by atoms with E-state index in [-0.39, 0.29) is 23.6 Å². The molecule has 0 spiro atoms. The Kier molecular flexibility index (Phi) is 2.83. The van der Waals surface area contributed by atoms with Crippen molar-refractivity contribution in [2.24, 2.45) is 5.41 Å². The van der Waals surface area contributed by atoms with E-state index >= 15 is 0 Å². The second kappa shape index (κ2) is 4.15. The summed E-state index contributed by atoms with van der Waals surface area (Å²) in [5, 5.41) is 18.5. The largest absolute Gasteiger partial charge is 0.480 e. The monoisotopic (exact) mass is 238 g/mol. The number of carbonyl (C=O) groups is 2. The lowest BCUT2D eigenvalue weighted by Crippen LogP contribution is -2.29. The zero-order valence-corrected chi connectivity index (χ0v) is 9.51. The summed E-state index contributed by atoms with van der Waals surface area (Å²) in [4.78, 5) is 22.1. The third-order valence-corrected chi connectivity index (χ3v) is 2.85. The minimum Gasteiger partial charge on any atom is -0.480 e. The third kappa shape index (κ3) is 3.02. The number of hydrogen-bond donors (Lipinski definition) is 2. The fourth-order valence-corrected chi connectivity index (χ4v) is 1.39. The zero-order chi connectivity index (χ0) is 12.5. The van der Waals surface area contributed by atoms with Crippen LogP contribution in [-0.2, 0) is 11.3 Å². The van der Waals surface area contributed by atoms with Crippen molar-refractivity contribution >= 4 is 11.9 Å². The van der Waals surface area contributed by atoms with Gasteiger partial charge in [0.05, 0.1) is 6.20 Å². The molecule has 1 fully saturated rings. The first-order valence-electron chi connectivity index (χ1n) is 5.39. The number of carboxylic acid groups (broad SMARTS) is 1. The maximum Gasteiger partial charge on any atom is 0.325 e. The van der Waals surface area contributed by atoms with Gasteiger partial charge in [0.1, 0.15) is 6.54 Å². The molecule has 92 valence electrons. The molecule has 1 aliphatic carbocycles. The smallest absolute Gasteiger partial charge is 0.325 e. The van der Waals surface area contributed by atoms with Crippen molar-refractivity contribution in [3.63, 3.8) is 0 Å². The van der Waals surface area contributed by atoms with E-state index < -0.39 is 5.97 Å². The van der Waals surface area contributed by atoms with Crippen LogP contribution >= 0.6 is 0 Å². The lowest BCUT2D eigenvalue weighted by atomic mass is 10.1. The van der Waals surface area contributed by atoms with Crippen LogP contribution in [0.1, 0.15) is 30.3 Å². The van der Waals surface area contributed by atoms with Gasteiger partial charge in [-0.2, -0.15) is 0 Å². The lowest BCUT2D eigenvalue weighted by Gasteiger charge is -2.07. The summed E-state index contributed by atoms with van der Waals surface area (Å²) >= 11 is 0. The Balaban J connectivity index is 1.90. The van der Waals surface area contributed by atoms with E-state index in [1.165, 1.54) is 6.20 Å². The maximum absolute atomic E-state index is 11.6. The van der Waals surface area contributed by atoms with Crippen molar-refractivity contribution in [2.75, 3.05) is 6.54 Å². The highest BCUT2D eigenvalue weighted by atomic mass is 16.4. The fourth-order valence-electron chi connectivity index (χ4n) is 1.39. The molecule has 0 atom stereocenters. The average Bonchev–Trinajstić information content (AvgIpc) is 2.81. The minimum absolute atomic E-state index is 0.149. The first-order chi connectivity index (χ1) is 7.98. The Morgan fingerprint density at radius 1 is 1.59 bits per heavy atom. The van der Waals surface area contributed by atoms with Crippen LogP contribution in [0.4, 0.5) is 0 Å². The first kappa shape index (κ1) is 11.6. The molecule has 0 unspecified atom stereocenters. The molecule has 0 saturated heterocycles. The van der Waals surface area contributed by atoms with Gasteiger partial charge in [-0.15, -0.1) is 5.10 Å². The Morgan fingerprint density at radius 3 is 2.88 bits per heavy atom. The number of amides is 1. The molecule has 0 aromatic carbocycles. The topological polar surface area (TPSA) is 97.1 Å². The number of aliphatic carboxylic acids is 1. The predicted octanol–water partition coefficient (Wildman–Crippen LogP) is -0.107. The van der Waals surface area contributed by atoms with E-state index in [2.05, 4.69) is 22.6 Å². The van der Waals surface area contributed by atoms with Crippen molar-refractivity contribution in [1.82, 2.24) is 20.3 Å². The van der Waals surface area contributed by atoms with Crippen molar-refractivity contribution in [3.8, 4) is 0 Å². The van der Waals surface area contributed by atoms with Crippen LogP contribution in [-0.4, -0.2) is 38.5 Å². The maximum atomic E-state index is 11.6. The summed E-state index contributed by atoms with van der Waals surface area (Å²) in [6.45, 7) is 2.43. The van der Waals surface area contributed by atoms with E-state index in [1.807, 2.05) is 0 Å². The quantitative estimate of drug-likeness (QED) is 0.746. The Bertz CT molecular complexity index is 450. The standard InChI is InChI=1S/C10H14N4O3/c1-10(2-3-10)6-11-9(17)7-4-14(13-12-7)5-8(15)16/h4H,2-3,5-6H2,1H3,(H,11,17)(H,15,16). The lowest BCUT2D eigenvalue weighted by molar-refractivity contribution is -0.137. The molecule has 1 aromatic heterocycles. The Hall–Kier alpha value is -1.92. The average molecular weight is 238 g/mol. The summed E-state index contributed by atoms with van der Waals surface area (Å²) < 4.78 is 1.12. The highest BCUT2D eigenvalue weighted by molar-refractivity contribution is 5.91. The van der Waals surface area contributed by atoms with Crippen molar-refractivity contribution in [1.29, 1.82) is 0 Å². The highest BCUT2D eigenvalue weighted by Crippen LogP contribution is 2.44. The number of nitrogens with one attached hydrogen (secondary N) is 1. The molecule has 0 aliphatic heterocycles. The number of carbonyl (C=O) groups excluding carboxylic acids is 1. The minimum atomic E-state index is -1.02. The summed E-state index contributed by atoms with van der Waals surface area (Å²) in [5.41, 5.74) is 0.377. The molecule has 1 saturated carbocycles. The van der Waals surface area contributed by atoms with Crippen LogP contribution in [0.15, 0.2) is 6.20 Å². The fraction of sp³-hybridized carbons (Fsp3) is 0.600. The highest BCUT2D eigenvalue weighted by Gasteiger charge is 2.37. The summed E-state index contributed by atoms with van der Waals surface area (Å²) in [6, 6.07) is 0. The normalized spacial score (nSPS) is 16.5. The molecule has 1 aliphatic rings. The number of nitrogens with zero attached hydrogens (tertiary/aromatic N) is 3. The Labute approximate surface area is 97.8 Å². The van der Waals surface area contributed by atoms with Gasteiger partial charge in [-0.25, -0.2) is 4.68 Å². The van der Waals surface area contributed by atoms with Crippen LogP contribution in [0.5, 0.6) is 0 Å². The molecule has 1 aromatic rings. The summed E-state index contributed by atoms with van der Waals surface area (Å²) in [5.74, 6) is -1.33. The number of carboxylic acids is 1. The molecule has 2 N–H and O–H groups in total. The van der Waals surface area contributed by atoms with Gasteiger partial charge in [0.2, 0.25) is 0 Å². The molecule has 1 heterocycles. The van der Waals surface area contributed by atoms with Crippen LogP contribution in [0, 0.1) is 5.41 Å². The van der Waals surface area contributed by atoms with Gasteiger partial charge in [0.25, 0.3) is 5.91 Å². The predicted molar refractivity (Wildman–Crippen MR) is 57.3 cm³/mol. The SMILES string of the molecule is CC1(CNC(=O)c2cn(CC(=O)O)nn2)CC1. The molecule has 2 rings (SSSR count). The van der Waals surface area contributed by atoms with Gasteiger partial charge in [0, 0.05) is 6.54 Å². The molecular formula is C10H14N4O3. The van der Waals surface area contributed by atoms with E-state index in [9.17, 15) is 9.59 Å². The van der Waals surface area contributed by atoms with Crippen LogP contribution in [0.2, 0.25) is 0 Å². The Morgan fingerprint density at radius 2 is 2.29 bits per heavy atom.